The number of carbonyl (C=O) groups excluding carboxylic acids is 2. The van der Waals surface area contributed by atoms with Crippen molar-refractivity contribution in [2.45, 2.75) is 12.8 Å². The fourth-order valence-corrected chi connectivity index (χ4v) is 3.96. The average Bonchev–Trinajstić information content (AvgIpc) is 2.92. The van der Waals surface area contributed by atoms with Crippen molar-refractivity contribution < 1.29 is 9.59 Å². The number of hydrogen-bond acceptors (Lipinski definition) is 5. The van der Waals surface area contributed by atoms with Crippen LogP contribution in [0.4, 0.5) is 5.82 Å². The molecule has 2 aromatic rings. The summed E-state index contributed by atoms with van der Waals surface area (Å²) < 4.78 is 0.489. The summed E-state index contributed by atoms with van der Waals surface area (Å²) >= 11 is 12.7. The molecule has 1 fully saturated rings. The lowest BCUT2D eigenvalue weighted by Gasteiger charge is -2.14. The molecule has 0 bridgehead atoms. The van der Waals surface area contributed by atoms with Crippen molar-refractivity contribution in [1.82, 2.24) is 9.88 Å². The van der Waals surface area contributed by atoms with Crippen LogP contribution >= 0.6 is 35.6 Å². The highest BCUT2D eigenvalue weighted by molar-refractivity contribution is 8.26. The number of carbonyl (C=O) groups is 2. The number of benzene rings is 1. The largest absolute Gasteiger partial charge is 0.311 e. The lowest BCUT2D eigenvalue weighted by atomic mass is 10.2. The summed E-state index contributed by atoms with van der Waals surface area (Å²) in [6.07, 6.45) is 4.14. The Hall–Kier alpha value is -2.22. The number of thioether (sulfide) groups is 1. The van der Waals surface area contributed by atoms with Crippen molar-refractivity contribution in [2.75, 3.05) is 11.9 Å². The molecule has 27 heavy (non-hydrogen) atoms. The number of pyridine rings is 1. The Bertz CT molecular complexity index is 903. The van der Waals surface area contributed by atoms with Crippen molar-refractivity contribution in [1.29, 1.82) is 0 Å². The zero-order valence-corrected chi connectivity index (χ0v) is 16.6. The summed E-state index contributed by atoms with van der Waals surface area (Å²) in [5.41, 5.74) is 0.773. The Morgan fingerprint density at radius 3 is 2.78 bits per heavy atom. The van der Waals surface area contributed by atoms with Gasteiger partial charge < -0.3 is 5.32 Å². The van der Waals surface area contributed by atoms with Gasteiger partial charge in [-0.2, -0.15) is 0 Å². The molecule has 0 radical (unpaired) electrons. The summed E-state index contributed by atoms with van der Waals surface area (Å²) in [5, 5.41) is 3.30. The molecule has 1 saturated heterocycles. The van der Waals surface area contributed by atoms with E-state index in [9.17, 15) is 9.59 Å². The summed E-state index contributed by atoms with van der Waals surface area (Å²) in [6, 6.07) is 12.6. The number of nitrogens with one attached hydrogen (secondary N) is 1. The van der Waals surface area contributed by atoms with Gasteiger partial charge in [0.2, 0.25) is 5.91 Å². The van der Waals surface area contributed by atoms with E-state index < -0.39 is 0 Å². The molecule has 0 atom stereocenters. The maximum absolute atomic E-state index is 12.6. The van der Waals surface area contributed by atoms with Crippen LogP contribution in [0.25, 0.3) is 6.08 Å². The number of hydrogen-bond donors (Lipinski definition) is 1. The second-order valence-electron chi connectivity index (χ2n) is 5.72. The second kappa shape index (κ2) is 9.12. The third kappa shape index (κ3) is 5.15. The van der Waals surface area contributed by atoms with E-state index >= 15 is 0 Å². The first kappa shape index (κ1) is 19.5. The third-order valence-corrected chi connectivity index (χ3v) is 5.51. The van der Waals surface area contributed by atoms with E-state index in [4.69, 9.17) is 23.8 Å². The van der Waals surface area contributed by atoms with E-state index in [1.807, 2.05) is 18.2 Å². The molecule has 2 amide bonds. The molecule has 1 aromatic heterocycles. The van der Waals surface area contributed by atoms with E-state index in [0.29, 0.717) is 33.0 Å². The SMILES string of the molecule is O=C(CCCN1C(=O)/C(=C/c2ccccc2Cl)SC1=S)Nc1ccccn1. The molecule has 0 aliphatic carbocycles. The van der Waals surface area contributed by atoms with Gasteiger partial charge in [-0.3, -0.25) is 14.5 Å². The molecule has 3 rings (SSSR count). The van der Waals surface area contributed by atoms with Crippen molar-refractivity contribution >= 4 is 63.6 Å². The van der Waals surface area contributed by atoms with Crippen LogP contribution in [0.2, 0.25) is 5.02 Å². The van der Waals surface area contributed by atoms with Crippen LogP contribution in [0.5, 0.6) is 0 Å². The van der Waals surface area contributed by atoms with Crippen molar-refractivity contribution in [2.24, 2.45) is 0 Å². The van der Waals surface area contributed by atoms with Gasteiger partial charge in [-0.15, -0.1) is 0 Å². The average molecular weight is 418 g/mol. The highest BCUT2D eigenvalue weighted by Crippen LogP contribution is 2.33. The highest BCUT2D eigenvalue weighted by atomic mass is 35.5. The van der Waals surface area contributed by atoms with Gasteiger partial charge in [-0.05, 0) is 36.3 Å². The summed E-state index contributed by atoms with van der Waals surface area (Å²) in [6.45, 7) is 0.389. The second-order valence-corrected chi connectivity index (χ2v) is 7.80. The molecule has 1 N–H and O–H groups in total. The molecule has 1 aromatic carbocycles. The van der Waals surface area contributed by atoms with Gasteiger partial charge in [0.05, 0.1) is 4.91 Å². The molecule has 8 heteroatoms. The van der Waals surface area contributed by atoms with E-state index in [0.717, 1.165) is 5.56 Å². The molecule has 138 valence electrons. The quantitative estimate of drug-likeness (QED) is 0.559. The minimum atomic E-state index is -0.157. The number of halogens is 1. The minimum Gasteiger partial charge on any atom is -0.311 e. The van der Waals surface area contributed by atoms with Crippen LogP contribution in [-0.4, -0.2) is 32.6 Å². The first-order valence-corrected chi connectivity index (χ1v) is 9.85. The van der Waals surface area contributed by atoms with Gasteiger partial charge in [-0.25, -0.2) is 4.98 Å². The molecular weight excluding hydrogens is 402 g/mol. The summed E-state index contributed by atoms with van der Waals surface area (Å²) in [7, 11) is 0. The number of rotatable bonds is 6. The lowest BCUT2D eigenvalue weighted by Crippen LogP contribution is -2.29. The van der Waals surface area contributed by atoms with Crippen LogP contribution in [0, 0.1) is 0 Å². The van der Waals surface area contributed by atoms with Gasteiger partial charge in [0.1, 0.15) is 10.1 Å². The van der Waals surface area contributed by atoms with Crippen LogP contribution in [0.1, 0.15) is 18.4 Å². The monoisotopic (exact) mass is 417 g/mol. The highest BCUT2D eigenvalue weighted by Gasteiger charge is 2.31. The Morgan fingerprint density at radius 2 is 2.04 bits per heavy atom. The third-order valence-electron chi connectivity index (χ3n) is 3.78. The van der Waals surface area contributed by atoms with E-state index in [1.54, 1.807) is 36.5 Å². The van der Waals surface area contributed by atoms with Crippen LogP contribution in [0.15, 0.2) is 53.6 Å². The Morgan fingerprint density at radius 1 is 1.26 bits per heavy atom. The minimum absolute atomic E-state index is 0.147. The fourth-order valence-electron chi connectivity index (χ4n) is 2.47. The van der Waals surface area contributed by atoms with Crippen molar-refractivity contribution in [3.63, 3.8) is 0 Å². The Labute approximate surface area is 171 Å². The normalized spacial score (nSPS) is 15.4. The molecule has 1 aliphatic rings. The topological polar surface area (TPSA) is 62.3 Å². The number of aromatic nitrogens is 1. The molecule has 5 nitrogen and oxygen atoms in total. The molecule has 0 unspecified atom stereocenters. The van der Waals surface area contributed by atoms with Crippen LogP contribution in [0.3, 0.4) is 0 Å². The smallest absolute Gasteiger partial charge is 0.266 e. The van der Waals surface area contributed by atoms with E-state index in [2.05, 4.69) is 10.3 Å². The molecule has 0 saturated carbocycles. The molecule has 0 spiro atoms. The molecule has 2 heterocycles. The summed E-state index contributed by atoms with van der Waals surface area (Å²) in [4.78, 5) is 30.7. The van der Waals surface area contributed by atoms with Gasteiger partial charge in [-0.1, -0.05) is 59.8 Å². The van der Waals surface area contributed by atoms with Gasteiger partial charge >= 0.3 is 0 Å². The number of thiocarbonyl (C=S) groups is 1. The fraction of sp³-hybridized carbons (Fsp3) is 0.158. The molecular formula is C19H16ClN3O2S2. The molecule has 1 aliphatic heterocycles. The lowest BCUT2D eigenvalue weighted by molar-refractivity contribution is -0.122. The predicted molar refractivity (Wildman–Crippen MR) is 113 cm³/mol. The standard InChI is InChI=1S/C19H16ClN3O2S2/c20-14-7-2-1-6-13(14)12-15-18(25)23(19(26)27-15)11-5-9-17(24)22-16-8-3-4-10-21-16/h1-4,6-8,10,12H,5,9,11H2,(H,21,22,24)/b15-12-. The zero-order valence-electron chi connectivity index (χ0n) is 14.2. The van der Waals surface area contributed by atoms with Gasteiger partial charge in [0.15, 0.2) is 0 Å². The first-order valence-electron chi connectivity index (χ1n) is 8.25. The number of nitrogens with zero attached hydrogens (tertiary/aromatic N) is 2. The van der Waals surface area contributed by atoms with Crippen molar-refractivity contribution in [3.8, 4) is 0 Å². The maximum atomic E-state index is 12.6. The zero-order chi connectivity index (χ0) is 19.2. The van der Waals surface area contributed by atoms with Gasteiger partial charge in [0, 0.05) is 24.2 Å². The number of anilines is 1. The Kier molecular flexibility index (Phi) is 6.60. The maximum Gasteiger partial charge on any atom is 0.266 e. The van der Waals surface area contributed by atoms with Crippen LogP contribution < -0.4 is 5.32 Å². The van der Waals surface area contributed by atoms with E-state index in [1.165, 1.54) is 16.7 Å². The summed E-state index contributed by atoms with van der Waals surface area (Å²) in [5.74, 6) is 0.205. The Balaban J connectivity index is 1.55. The van der Waals surface area contributed by atoms with Crippen molar-refractivity contribution in [3.05, 3.63) is 64.2 Å². The predicted octanol–water partition coefficient (Wildman–Crippen LogP) is 4.36. The van der Waals surface area contributed by atoms with E-state index in [-0.39, 0.29) is 18.2 Å². The number of amides is 2. The first-order chi connectivity index (χ1) is 13.0. The van der Waals surface area contributed by atoms with Crippen LogP contribution in [-0.2, 0) is 9.59 Å². The van der Waals surface area contributed by atoms with Gasteiger partial charge in [0.25, 0.3) is 5.91 Å².